The van der Waals surface area contributed by atoms with Crippen LogP contribution in [0.25, 0.3) is 0 Å². The number of fused-ring (bicyclic) bond motifs is 2. The van der Waals surface area contributed by atoms with Gasteiger partial charge >= 0.3 is 0 Å². The average Bonchev–Trinajstić information content (AvgIpc) is 3.45. The van der Waals surface area contributed by atoms with Crippen molar-refractivity contribution >= 4 is 28.7 Å². The number of nitrogens with zero attached hydrogens (tertiary/aromatic N) is 2. The van der Waals surface area contributed by atoms with Crippen molar-refractivity contribution in [2.45, 2.75) is 57.8 Å². The summed E-state index contributed by atoms with van der Waals surface area (Å²) in [4.78, 5) is 2.31. The Hall–Kier alpha value is -3.72. The third-order valence-corrected chi connectivity index (χ3v) is 10.6. The molecule has 0 atom stereocenters. The van der Waals surface area contributed by atoms with Crippen LogP contribution >= 0.6 is 11.6 Å². The van der Waals surface area contributed by atoms with Crippen LogP contribution in [0.15, 0.2) is 70.4 Å². The number of hydrogen-bond donors (Lipinski definition) is 0. The van der Waals surface area contributed by atoms with Gasteiger partial charge in [0.2, 0.25) is 0 Å². The van der Waals surface area contributed by atoms with Gasteiger partial charge < -0.3 is 33.3 Å². The second-order valence-electron chi connectivity index (χ2n) is 13.6. The Kier molecular flexibility index (Phi) is 11.2. The fraction of sp³-hybridized carbons (Fsp3) is 0.475. The van der Waals surface area contributed by atoms with E-state index in [9.17, 15) is 0 Å². The van der Waals surface area contributed by atoms with Crippen LogP contribution in [0.1, 0.15) is 58.1 Å². The first kappa shape index (κ1) is 36.6. The number of anilines is 1. The lowest BCUT2D eigenvalue weighted by Crippen LogP contribution is -2.29. The molecule has 0 aromatic heterocycles. The largest absolute Gasteiger partial charge is 0.497 e. The Balaban J connectivity index is 1.55. The molecule has 3 aliphatic rings. The lowest BCUT2D eigenvalue weighted by atomic mass is 9.80. The summed E-state index contributed by atoms with van der Waals surface area (Å²) in [5.74, 6) is 3.11. The van der Waals surface area contributed by atoms with E-state index in [4.69, 9.17) is 40.0 Å². The maximum atomic E-state index is 7.24. The number of ether oxygens (including phenoxy) is 6. The molecule has 2 aromatic carbocycles. The first-order valence-electron chi connectivity index (χ1n) is 16.9. The van der Waals surface area contributed by atoms with Crippen LogP contribution in [-0.4, -0.2) is 79.2 Å². The van der Waals surface area contributed by atoms with Gasteiger partial charge in [0.15, 0.2) is 18.0 Å². The lowest BCUT2D eigenvalue weighted by molar-refractivity contribution is -0.442. The maximum Gasteiger partial charge on any atom is 0.252 e. The van der Waals surface area contributed by atoms with Gasteiger partial charge in [0, 0.05) is 60.7 Å². The lowest BCUT2D eigenvalue weighted by Gasteiger charge is -2.27. The molecular weight excluding hydrogens is 640 g/mol. The quantitative estimate of drug-likeness (QED) is 0.196. The molecule has 0 amide bonds. The van der Waals surface area contributed by atoms with Gasteiger partial charge in [-0.2, -0.15) is 4.58 Å². The highest BCUT2D eigenvalue weighted by Crippen LogP contribution is 2.53. The highest BCUT2D eigenvalue weighted by Gasteiger charge is 2.47. The molecule has 0 bridgehead atoms. The number of halogens is 1. The third-order valence-electron chi connectivity index (χ3n) is 10.1. The smallest absolute Gasteiger partial charge is 0.252 e. The van der Waals surface area contributed by atoms with Gasteiger partial charge in [-0.15, -0.1) is 0 Å². The minimum Gasteiger partial charge on any atom is -0.497 e. The van der Waals surface area contributed by atoms with Crippen molar-refractivity contribution in [1.29, 1.82) is 0 Å². The standard InChI is InChI=1S/C40H52ClN2O6/c1-39(2)30-22-28(46-7)24-32(48-9)37(30)42(18-20-44-5)34(39)16-14-26-12-11-13-27(36(26)41)15-17-35-40(3,4)31-23-29(47-8)25-33(49-10)38(31)43(35)19-21-45-6/h14-17,22-25H,11-13,18-21H2,1-10H3/q+1. The molecule has 0 spiro atoms. The van der Waals surface area contributed by atoms with Gasteiger partial charge in [0.05, 0.1) is 46.1 Å². The predicted octanol–water partition coefficient (Wildman–Crippen LogP) is 8.23. The number of rotatable bonds is 13. The Bertz CT molecular complexity index is 1730. The minimum absolute atomic E-state index is 0.301. The summed E-state index contributed by atoms with van der Waals surface area (Å²) in [5, 5.41) is 0.812. The molecule has 0 N–H and O–H groups in total. The zero-order valence-corrected chi connectivity index (χ0v) is 31.5. The van der Waals surface area contributed by atoms with Crippen LogP contribution < -0.4 is 23.8 Å². The van der Waals surface area contributed by atoms with Crippen LogP contribution in [0.5, 0.6) is 23.0 Å². The van der Waals surface area contributed by atoms with Gasteiger partial charge in [-0.25, -0.2) is 0 Å². The van der Waals surface area contributed by atoms with Gasteiger partial charge in [-0.1, -0.05) is 37.6 Å². The van der Waals surface area contributed by atoms with Crippen molar-refractivity contribution < 1.29 is 33.0 Å². The van der Waals surface area contributed by atoms with Crippen molar-refractivity contribution in [2.24, 2.45) is 0 Å². The molecule has 0 radical (unpaired) electrons. The van der Waals surface area contributed by atoms with E-state index >= 15 is 0 Å². The van der Waals surface area contributed by atoms with Crippen molar-refractivity contribution in [2.75, 3.05) is 73.9 Å². The molecule has 5 rings (SSSR count). The average molecular weight is 692 g/mol. The molecule has 8 nitrogen and oxygen atoms in total. The van der Waals surface area contributed by atoms with Crippen molar-refractivity contribution in [1.82, 2.24) is 0 Å². The molecule has 49 heavy (non-hydrogen) atoms. The molecular formula is C40H52ClN2O6+. The molecule has 2 aliphatic heterocycles. The predicted molar refractivity (Wildman–Crippen MR) is 198 cm³/mol. The highest BCUT2D eigenvalue weighted by atomic mass is 35.5. The number of hydrogen-bond acceptors (Lipinski definition) is 7. The Morgan fingerprint density at radius 3 is 2.04 bits per heavy atom. The van der Waals surface area contributed by atoms with Crippen LogP contribution in [0.3, 0.4) is 0 Å². The van der Waals surface area contributed by atoms with E-state index in [0.717, 1.165) is 92.3 Å². The number of methoxy groups -OCH3 is 6. The van der Waals surface area contributed by atoms with Crippen LogP contribution in [0, 0.1) is 0 Å². The van der Waals surface area contributed by atoms with E-state index in [1.54, 1.807) is 42.7 Å². The molecule has 0 saturated carbocycles. The highest BCUT2D eigenvalue weighted by molar-refractivity contribution is 6.32. The van der Waals surface area contributed by atoms with Crippen molar-refractivity contribution in [3.8, 4) is 23.0 Å². The second kappa shape index (κ2) is 15.0. The van der Waals surface area contributed by atoms with Gasteiger partial charge in [-0.05, 0) is 68.0 Å². The zero-order valence-electron chi connectivity index (χ0n) is 30.8. The Morgan fingerprint density at radius 2 is 1.41 bits per heavy atom. The van der Waals surface area contributed by atoms with E-state index in [2.05, 4.69) is 73.6 Å². The van der Waals surface area contributed by atoms with Crippen LogP contribution in [-0.2, 0) is 20.3 Å². The molecule has 0 unspecified atom stereocenters. The fourth-order valence-corrected chi connectivity index (χ4v) is 7.72. The first-order chi connectivity index (χ1) is 23.5. The normalized spacial score (nSPS) is 19.7. The molecule has 0 fully saturated rings. The van der Waals surface area contributed by atoms with Crippen LogP contribution in [0.2, 0.25) is 0 Å². The van der Waals surface area contributed by atoms with Crippen molar-refractivity contribution in [3.05, 3.63) is 81.6 Å². The molecule has 0 saturated heterocycles. The number of allylic oxidation sites excluding steroid dienone is 8. The van der Waals surface area contributed by atoms with E-state index in [1.165, 1.54) is 0 Å². The summed E-state index contributed by atoms with van der Waals surface area (Å²) in [6, 6.07) is 8.12. The maximum absolute atomic E-state index is 7.24. The van der Waals surface area contributed by atoms with Crippen LogP contribution in [0.4, 0.5) is 11.4 Å². The summed E-state index contributed by atoms with van der Waals surface area (Å²) in [6.45, 7) is 11.5. The van der Waals surface area contributed by atoms with Gasteiger partial charge in [0.1, 0.15) is 23.9 Å². The molecule has 2 heterocycles. The van der Waals surface area contributed by atoms with Crippen molar-refractivity contribution in [3.63, 3.8) is 0 Å². The summed E-state index contributed by atoms with van der Waals surface area (Å²) in [6.07, 6.45) is 11.7. The monoisotopic (exact) mass is 691 g/mol. The Labute approximate surface area is 297 Å². The molecule has 264 valence electrons. The number of benzene rings is 2. The van der Waals surface area contributed by atoms with E-state index < -0.39 is 0 Å². The van der Waals surface area contributed by atoms with Gasteiger partial charge in [-0.3, -0.25) is 0 Å². The fourth-order valence-electron chi connectivity index (χ4n) is 7.41. The summed E-state index contributed by atoms with van der Waals surface area (Å²) < 4.78 is 36.4. The molecule has 2 aromatic rings. The summed E-state index contributed by atoms with van der Waals surface area (Å²) in [7, 11) is 10.2. The van der Waals surface area contributed by atoms with E-state index in [0.29, 0.717) is 26.3 Å². The van der Waals surface area contributed by atoms with Gasteiger partial charge in [0.25, 0.3) is 5.69 Å². The third kappa shape index (κ3) is 6.75. The Morgan fingerprint density at radius 1 is 0.755 bits per heavy atom. The second-order valence-corrected chi connectivity index (χ2v) is 14.0. The molecule has 1 aliphatic carbocycles. The molecule has 9 heteroatoms. The van der Waals surface area contributed by atoms with E-state index in [1.807, 2.05) is 12.1 Å². The zero-order chi connectivity index (χ0) is 35.5. The summed E-state index contributed by atoms with van der Waals surface area (Å²) in [5.41, 5.74) is 8.38. The first-order valence-corrected chi connectivity index (χ1v) is 17.3. The summed E-state index contributed by atoms with van der Waals surface area (Å²) >= 11 is 7.24. The van der Waals surface area contributed by atoms with E-state index in [-0.39, 0.29) is 10.8 Å². The topological polar surface area (TPSA) is 61.6 Å². The minimum atomic E-state index is -0.301. The SMILES string of the molecule is COCCN1/C(=C\C=C2/CCCC(/C=C/C3=[N+](CCOC)c4c(OC)cc(OC)cc4C3(C)C)=C2Cl)C(C)(C)c2cc(OC)cc(OC)c21.